The minimum atomic E-state index is -0.156. The van der Waals surface area contributed by atoms with Crippen LogP contribution in [0.4, 0.5) is 102 Å². The summed E-state index contributed by atoms with van der Waals surface area (Å²) in [5.74, 6) is 0. The molecule has 0 aliphatic carbocycles. The van der Waals surface area contributed by atoms with Crippen molar-refractivity contribution in [1.29, 1.82) is 0 Å². The van der Waals surface area contributed by atoms with Crippen LogP contribution in [-0.4, -0.2) is 13.4 Å². The highest BCUT2D eigenvalue weighted by Crippen LogP contribution is 2.52. The van der Waals surface area contributed by atoms with E-state index in [1.807, 2.05) is 0 Å². The van der Waals surface area contributed by atoms with E-state index in [4.69, 9.17) is 4.42 Å². The molecule has 0 saturated heterocycles. The van der Waals surface area contributed by atoms with Crippen LogP contribution >= 0.6 is 0 Å². The standard InChI is InChI=1S/C84H56B2N6O/c1-9-29-57(30-10-1)87(58-31-11-2-12-32-58)65-49-77-83-79(51-65)91(63-41-21-7-22-42-63)75-53-67-68-54-76-72(56-82(68)93-81(67)55-71(75)85(83)69-45-25-27-47-73(69)89(77)61-37-17-5-18-38-61)86-70-46-26-28-48-74(70)90(62-39-19-6-20-40-62)78-50-66(52-80(84(78)86)92(76)64-43-23-8-24-44-64)88(59-33-13-3-14-34-59)60-35-15-4-16-36-60/h1-56H. The third-order valence-electron chi connectivity index (χ3n) is 19.3. The van der Waals surface area contributed by atoms with Crippen molar-refractivity contribution in [2.75, 3.05) is 29.4 Å². The highest BCUT2D eigenvalue weighted by Gasteiger charge is 2.47. The second-order valence-corrected chi connectivity index (χ2v) is 24.4. The Morgan fingerprint density at radius 3 is 0.774 bits per heavy atom. The largest absolute Gasteiger partial charge is 0.456 e. The quantitative estimate of drug-likeness (QED) is 0.126. The highest BCUT2D eigenvalue weighted by atomic mass is 16.3. The summed E-state index contributed by atoms with van der Waals surface area (Å²) in [6.07, 6.45) is 0. The lowest BCUT2D eigenvalue weighted by Gasteiger charge is -2.45. The average Bonchev–Trinajstić information content (AvgIpc) is 1.46. The molecular formula is C84H56B2N6O. The van der Waals surface area contributed by atoms with Gasteiger partial charge in [-0.15, -0.1) is 0 Å². The first-order chi connectivity index (χ1) is 46.2. The van der Waals surface area contributed by atoms with E-state index >= 15 is 0 Å². The van der Waals surface area contributed by atoms with Gasteiger partial charge in [0.25, 0.3) is 13.4 Å². The van der Waals surface area contributed by atoms with Crippen molar-refractivity contribution in [1.82, 2.24) is 0 Å². The van der Waals surface area contributed by atoms with Crippen molar-refractivity contribution in [3.8, 4) is 0 Å². The first kappa shape index (κ1) is 52.7. The monoisotopic (exact) mass is 1190 g/mol. The van der Waals surface area contributed by atoms with Crippen LogP contribution in [0.1, 0.15) is 0 Å². The molecule has 93 heavy (non-hydrogen) atoms. The van der Waals surface area contributed by atoms with Gasteiger partial charge in [0.15, 0.2) is 0 Å². The predicted molar refractivity (Wildman–Crippen MR) is 391 cm³/mol. The fourth-order valence-corrected chi connectivity index (χ4v) is 15.5. The van der Waals surface area contributed by atoms with Gasteiger partial charge in [-0.3, -0.25) is 0 Å². The Kier molecular flexibility index (Phi) is 12.0. The Morgan fingerprint density at radius 2 is 0.473 bits per heavy atom. The molecule has 0 radical (unpaired) electrons. The van der Waals surface area contributed by atoms with Gasteiger partial charge in [0.05, 0.1) is 11.4 Å². The summed E-state index contributed by atoms with van der Waals surface area (Å²) in [6, 6.07) is 124. The van der Waals surface area contributed by atoms with Gasteiger partial charge in [-0.25, -0.2) is 0 Å². The van der Waals surface area contributed by atoms with Gasteiger partial charge < -0.3 is 33.8 Å². The SMILES string of the molecule is c1ccc(N(c2ccccc2)c2cc3c4c(c2)N(c2ccccc2)c2cc5c(cc2B4c2ccccc2N3c2ccccc2)oc2cc3c(cc25)N(c2ccccc2)c2cc(N(c4ccccc4)c4ccccc4)cc4c2B3c2ccccc2N4c2ccccc2)cc1. The molecule has 5 heterocycles. The number of benzene rings is 14. The maximum absolute atomic E-state index is 7.51. The zero-order chi connectivity index (χ0) is 61.1. The number of para-hydroxylation sites is 10. The third-order valence-corrected chi connectivity index (χ3v) is 19.3. The minimum absolute atomic E-state index is 0.156. The van der Waals surface area contributed by atoms with Crippen LogP contribution < -0.4 is 62.2 Å². The molecule has 0 unspecified atom stereocenters. The molecule has 14 aromatic carbocycles. The minimum Gasteiger partial charge on any atom is -0.456 e. The van der Waals surface area contributed by atoms with Gasteiger partial charge in [-0.05, 0) is 191 Å². The van der Waals surface area contributed by atoms with Gasteiger partial charge in [0, 0.05) is 102 Å². The number of anilines is 18. The Hall–Kier alpha value is -12.2. The van der Waals surface area contributed by atoms with Gasteiger partial charge >= 0.3 is 0 Å². The molecule has 0 saturated carbocycles. The van der Waals surface area contributed by atoms with Crippen molar-refractivity contribution in [3.63, 3.8) is 0 Å². The van der Waals surface area contributed by atoms with Gasteiger partial charge in [-0.2, -0.15) is 0 Å². The third kappa shape index (κ3) is 8.26. The summed E-state index contributed by atoms with van der Waals surface area (Å²) in [5, 5.41) is 2.09. The lowest BCUT2D eigenvalue weighted by atomic mass is 9.33. The van der Waals surface area contributed by atoms with Gasteiger partial charge in [0.2, 0.25) is 0 Å². The predicted octanol–water partition coefficient (Wildman–Crippen LogP) is 18.7. The first-order valence-corrected chi connectivity index (χ1v) is 32.0. The van der Waals surface area contributed by atoms with Crippen LogP contribution in [0.3, 0.4) is 0 Å². The summed E-state index contributed by atoms with van der Waals surface area (Å²) < 4.78 is 7.51. The fourth-order valence-electron chi connectivity index (χ4n) is 15.5. The molecule has 4 aliphatic heterocycles. The van der Waals surface area contributed by atoms with Crippen molar-refractivity contribution in [2.45, 2.75) is 0 Å². The molecule has 0 fully saturated rings. The van der Waals surface area contributed by atoms with Crippen LogP contribution in [0.25, 0.3) is 21.9 Å². The molecular weight excluding hydrogens is 1130 g/mol. The normalized spacial score (nSPS) is 13.0. The molecule has 0 bridgehead atoms. The topological polar surface area (TPSA) is 32.6 Å². The van der Waals surface area contributed by atoms with Crippen molar-refractivity contribution >= 4 is 171 Å². The second-order valence-electron chi connectivity index (χ2n) is 24.4. The summed E-state index contributed by atoms with van der Waals surface area (Å²) in [4.78, 5) is 14.8. The Labute approximate surface area is 540 Å². The number of hydrogen-bond donors (Lipinski definition) is 0. The first-order valence-electron chi connectivity index (χ1n) is 32.0. The lowest BCUT2D eigenvalue weighted by molar-refractivity contribution is 0.669. The Bertz CT molecular complexity index is 4960. The molecule has 0 amide bonds. The lowest BCUT2D eigenvalue weighted by Crippen LogP contribution is -2.61. The van der Waals surface area contributed by atoms with E-state index in [2.05, 4.69) is 369 Å². The number of nitrogens with zero attached hydrogens (tertiary/aromatic N) is 6. The zero-order valence-corrected chi connectivity index (χ0v) is 50.6. The molecule has 9 heteroatoms. The van der Waals surface area contributed by atoms with Crippen LogP contribution in [-0.2, 0) is 0 Å². The summed E-state index contributed by atoms with van der Waals surface area (Å²) in [6.45, 7) is -0.313. The molecule has 4 aliphatic rings. The van der Waals surface area contributed by atoms with E-state index in [0.29, 0.717) is 0 Å². The molecule has 434 valence electrons. The molecule has 0 N–H and O–H groups in total. The van der Waals surface area contributed by atoms with Crippen LogP contribution in [0.5, 0.6) is 0 Å². The average molecular weight is 1190 g/mol. The molecule has 0 atom stereocenters. The van der Waals surface area contributed by atoms with Crippen molar-refractivity contribution in [3.05, 3.63) is 340 Å². The maximum atomic E-state index is 7.51. The zero-order valence-electron chi connectivity index (χ0n) is 50.6. The number of furan rings is 1. The second kappa shape index (κ2) is 21.2. The van der Waals surface area contributed by atoms with Crippen molar-refractivity contribution in [2.24, 2.45) is 0 Å². The number of fused-ring (bicyclic) bond motifs is 11. The fraction of sp³-hybridized carbons (Fsp3) is 0. The Morgan fingerprint density at radius 1 is 0.215 bits per heavy atom. The van der Waals surface area contributed by atoms with Crippen LogP contribution in [0.2, 0.25) is 0 Å². The van der Waals surface area contributed by atoms with Gasteiger partial charge in [-0.1, -0.05) is 182 Å². The van der Waals surface area contributed by atoms with E-state index < -0.39 is 0 Å². The number of hydrogen-bond acceptors (Lipinski definition) is 7. The van der Waals surface area contributed by atoms with Crippen molar-refractivity contribution < 1.29 is 4.42 Å². The smallest absolute Gasteiger partial charge is 0.252 e. The van der Waals surface area contributed by atoms with Gasteiger partial charge in [0.1, 0.15) is 11.2 Å². The summed E-state index contributed by atoms with van der Waals surface area (Å²) in [5.41, 5.74) is 28.6. The maximum Gasteiger partial charge on any atom is 0.252 e. The Balaban J connectivity index is 0.888. The van der Waals surface area contributed by atoms with E-state index in [-0.39, 0.29) is 13.4 Å². The van der Waals surface area contributed by atoms with E-state index in [1.165, 1.54) is 32.8 Å². The molecule has 1 aromatic heterocycles. The highest BCUT2D eigenvalue weighted by molar-refractivity contribution is 7.01. The van der Waals surface area contributed by atoms with E-state index in [0.717, 1.165) is 124 Å². The van der Waals surface area contributed by atoms with Crippen LogP contribution in [0.15, 0.2) is 344 Å². The molecule has 15 aromatic rings. The van der Waals surface area contributed by atoms with Crippen LogP contribution in [0, 0.1) is 0 Å². The molecule has 7 nitrogen and oxygen atoms in total. The molecule has 19 rings (SSSR count). The van der Waals surface area contributed by atoms with E-state index in [9.17, 15) is 0 Å². The number of rotatable bonds is 10. The summed E-state index contributed by atoms with van der Waals surface area (Å²) in [7, 11) is 0. The molecule has 0 spiro atoms. The summed E-state index contributed by atoms with van der Waals surface area (Å²) >= 11 is 0. The van der Waals surface area contributed by atoms with E-state index in [1.54, 1.807) is 0 Å².